The summed E-state index contributed by atoms with van der Waals surface area (Å²) in [7, 11) is 0. The van der Waals surface area contributed by atoms with Gasteiger partial charge in [0.25, 0.3) is 0 Å². The first-order valence-electron chi connectivity index (χ1n) is 5.62. The van der Waals surface area contributed by atoms with Gasteiger partial charge in [-0.05, 0) is 18.6 Å². The molecule has 1 unspecified atom stereocenters. The fourth-order valence-electron chi connectivity index (χ4n) is 1.72. The van der Waals surface area contributed by atoms with Crippen LogP contribution in [-0.2, 0) is 0 Å². The molecule has 0 fully saturated rings. The first-order valence-corrected chi connectivity index (χ1v) is 5.62. The Hall–Kier alpha value is -2.11. The Labute approximate surface area is 103 Å². The Balaban J connectivity index is 2.30. The minimum absolute atomic E-state index is 0.0294. The lowest BCUT2D eigenvalue weighted by Crippen LogP contribution is -2.14. The zero-order valence-electron chi connectivity index (χ0n) is 9.87. The number of H-pyrrole nitrogens is 1. The van der Waals surface area contributed by atoms with E-state index in [2.05, 4.69) is 15.3 Å². The Morgan fingerprint density at radius 3 is 2.83 bits per heavy atom. The van der Waals surface area contributed by atoms with Crippen LogP contribution in [0.25, 0.3) is 0 Å². The number of hydrogen-bond acceptors (Lipinski definition) is 3. The maximum absolute atomic E-state index is 13.7. The van der Waals surface area contributed by atoms with Gasteiger partial charge >= 0.3 is 0 Å². The largest absolute Gasteiger partial charge is 0.397 e. The van der Waals surface area contributed by atoms with Gasteiger partial charge < -0.3 is 16.0 Å². The molecule has 0 aliphatic heterocycles. The predicted molar refractivity (Wildman–Crippen MR) is 66.0 cm³/mol. The van der Waals surface area contributed by atoms with Crippen LogP contribution in [-0.4, -0.2) is 9.97 Å². The second kappa shape index (κ2) is 5.03. The van der Waals surface area contributed by atoms with Gasteiger partial charge in [-0.2, -0.15) is 0 Å². The molecule has 0 spiro atoms. The second-order valence-corrected chi connectivity index (χ2v) is 3.91. The summed E-state index contributed by atoms with van der Waals surface area (Å²) in [4.78, 5) is 7.02. The van der Waals surface area contributed by atoms with Crippen molar-refractivity contribution in [3.63, 3.8) is 0 Å². The standard InChI is InChI=1S/C12H14F2N4/c1-2-9(12-16-5-6-17-12)18-11-8(15)4-3-7(13)10(11)14/h3-6,9,18H,2,15H2,1H3,(H,16,17). The quantitative estimate of drug-likeness (QED) is 0.733. The van der Waals surface area contributed by atoms with Gasteiger partial charge in [0.05, 0.1) is 17.4 Å². The van der Waals surface area contributed by atoms with Gasteiger partial charge in [0.1, 0.15) is 5.82 Å². The normalized spacial score (nSPS) is 12.4. The van der Waals surface area contributed by atoms with E-state index in [9.17, 15) is 8.78 Å². The topological polar surface area (TPSA) is 66.7 Å². The molecule has 2 aromatic rings. The minimum Gasteiger partial charge on any atom is -0.397 e. The van der Waals surface area contributed by atoms with Gasteiger partial charge in [-0.25, -0.2) is 13.8 Å². The maximum Gasteiger partial charge on any atom is 0.183 e. The Bertz CT molecular complexity index is 525. The maximum atomic E-state index is 13.7. The number of anilines is 2. The third-order valence-electron chi connectivity index (χ3n) is 2.70. The third-order valence-corrected chi connectivity index (χ3v) is 2.70. The third kappa shape index (κ3) is 2.27. The summed E-state index contributed by atoms with van der Waals surface area (Å²) in [6.45, 7) is 1.91. The lowest BCUT2D eigenvalue weighted by atomic mass is 10.1. The van der Waals surface area contributed by atoms with Crippen molar-refractivity contribution in [3.05, 3.63) is 42.0 Å². The fourth-order valence-corrected chi connectivity index (χ4v) is 1.72. The molecule has 4 nitrogen and oxygen atoms in total. The molecule has 1 atom stereocenters. The van der Waals surface area contributed by atoms with Crippen LogP contribution in [0.1, 0.15) is 25.2 Å². The number of rotatable bonds is 4. The molecule has 0 bridgehead atoms. The van der Waals surface area contributed by atoms with Crippen molar-refractivity contribution in [2.45, 2.75) is 19.4 Å². The molecule has 6 heteroatoms. The number of aromatic amines is 1. The molecule has 1 aromatic carbocycles. The van der Waals surface area contributed by atoms with Crippen molar-refractivity contribution in [3.8, 4) is 0 Å². The van der Waals surface area contributed by atoms with E-state index in [1.54, 1.807) is 12.4 Å². The van der Waals surface area contributed by atoms with E-state index in [1.165, 1.54) is 6.07 Å². The Morgan fingerprint density at radius 1 is 1.44 bits per heavy atom. The first kappa shape index (κ1) is 12.3. The molecule has 0 aliphatic carbocycles. The summed E-state index contributed by atoms with van der Waals surface area (Å²) >= 11 is 0. The SMILES string of the molecule is CCC(Nc1c(N)ccc(F)c1F)c1ncc[nH]1. The highest BCUT2D eigenvalue weighted by Crippen LogP contribution is 2.29. The van der Waals surface area contributed by atoms with E-state index in [0.717, 1.165) is 6.07 Å². The molecule has 1 aromatic heterocycles. The van der Waals surface area contributed by atoms with Gasteiger partial charge in [0, 0.05) is 12.4 Å². The lowest BCUT2D eigenvalue weighted by Gasteiger charge is -2.18. The van der Waals surface area contributed by atoms with Crippen LogP contribution in [0, 0.1) is 11.6 Å². The summed E-state index contributed by atoms with van der Waals surface area (Å²) in [5.74, 6) is -1.25. The average Bonchev–Trinajstić information content (AvgIpc) is 2.88. The van der Waals surface area contributed by atoms with Crippen LogP contribution >= 0.6 is 0 Å². The number of halogens is 2. The number of aromatic nitrogens is 2. The van der Waals surface area contributed by atoms with Crippen molar-refractivity contribution in [2.75, 3.05) is 11.1 Å². The predicted octanol–water partition coefficient (Wildman–Crippen LogP) is 2.83. The number of imidazole rings is 1. The smallest absolute Gasteiger partial charge is 0.183 e. The molecule has 0 radical (unpaired) electrons. The number of hydrogen-bond donors (Lipinski definition) is 3. The highest BCUT2D eigenvalue weighted by molar-refractivity contribution is 5.67. The molecule has 0 aliphatic rings. The molecule has 1 heterocycles. The summed E-state index contributed by atoms with van der Waals surface area (Å²) in [5, 5.41) is 2.87. The number of nitrogens with zero attached hydrogens (tertiary/aromatic N) is 1. The van der Waals surface area contributed by atoms with Gasteiger partial charge in [-0.15, -0.1) is 0 Å². The Morgan fingerprint density at radius 2 is 2.22 bits per heavy atom. The summed E-state index contributed by atoms with van der Waals surface area (Å²) in [6, 6.07) is 2.08. The Kier molecular flexibility index (Phi) is 3.45. The van der Waals surface area contributed by atoms with Crippen molar-refractivity contribution in [1.82, 2.24) is 9.97 Å². The second-order valence-electron chi connectivity index (χ2n) is 3.91. The molecule has 2 rings (SSSR count). The van der Waals surface area contributed by atoms with E-state index in [0.29, 0.717) is 12.2 Å². The molecule has 96 valence electrons. The van der Waals surface area contributed by atoms with Crippen molar-refractivity contribution >= 4 is 11.4 Å². The van der Waals surface area contributed by atoms with Gasteiger partial charge in [0.15, 0.2) is 11.6 Å². The van der Waals surface area contributed by atoms with Crippen molar-refractivity contribution in [1.29, 1.82) is 0 Å². The van der Waals surface area contributed by atoms with Gasteiger partial charge in [-0.3, -0.25) is 0 Å². The highest BCUT2D eigenvalue weighted by Gasteiger charge is 2.17. The van der Waals surface area contributed by atoms with E-state index in [1.807, 2.05) is 6.92 Å². The summed E-state index contributed by atoms with van der Waals surface area (Å²) < 4.78 is 26.8. The van der Waals surface area contributed by atoms with E-state index < -0.39 is 11.6 Å². The molecular weight excluding hydrogens is 238 g/mol. The number of benzene rings is 1. The van der Waals surface area contributed by atoms with E-state index >= 15 is 0 Å². The zero-order chi connectivity index (χ0) is 13.1. The molecule has 4 N–H and O–H groups in total. The molecular formula is C12H14F2N4. The van der Waals surface area contributed by atoms with Crippen LogP contribution in [0.3, 0.4) is 0 Å². The molecule has 0 amide bonds. The summed E-state index contributed by atoms with van der Waals surface area (Å²) in [5.41, 5.74) is 5.78. The van der Waals surface area contributed by atoms with Crippen LogP contribution in [0.15, 0.2) is 24.5 Å². The van der Waals surface area contributed by atoms with Crippen LogP contribution in [0.5, 0.6) is 0 Å². The monoisotopic (exact) mass is 252 g/mol. The van der Waals surface area contributed by atoms with Crippen molar-refractivity contribution in [2.24, 2.45) is 0 Å². The zero-order valence-corrected chi connectivity index (χ0v) is 9.87. The van der Waals surface area contributed by atoms with Gasteiger partial charge in [-0.1, -0.05) is 6.92 Å². The van der Waals surface area contributed by atoms with Crippen LogP contribution in [0.4, 0.5) is 20.2 Å². The highest BCUT2D eigenvalue weighted by atomic mass is 19.2. The van der Waals surface area contributed by atoms with E-state index in [4.69, 9.17) is 5.73 Å². The van der Waals surface area contributed by atoms with Crippen LogP contribution in [0.2, 0.25) is 0 Å². The number of nitrogens with two attached hydrogens (primary N) is 1. The molecule has 18 heavy (non-hydrogen) atoms. The number of nitrogens with one attached hydrogen (secondary N) is 2. The average molecular weight is 252 g/mol. The number of nitrogen functional groups attached to an aromatic ring is 1. The van der Waals surface area contributed by atoms with Crippen LogP contribution < -0.4 is 11.1 Å². The molecule has 0 saturated heterocycles. The fraction of sp³-hybridized carbons (Fsp3) is 0.250. The first-order chi connectivity index (χ1) is 8.63. The summed E-state index contributed by atoms with van der Waals surface area (Å²) in [6.07, 6.45) is 3.93. The van der Waals surface area contributed by atoms with E-state index in [-0.39, 0.29) is 17.4 Å². The van der Waals surface area contributed by atoms with Gasteiger partial charge in [0.2, 0.25) is 0 Å². The lowest BCUT2D eigenvalue weighted by molar-refractivity contribution is 0.509. The molecule has 0 saturated carbocycles. The van der Waals surface area contributed by atoms with Crippen molar-refractivity contribution < 1.29 is 8.78 Å². The minimum atomic E-state index is -0.972.